The Morgan fingerprint density at radius 2 is 1.81 bits per heavy atom. The molecule has 0 amide bonds. The summed E-state index contributed by atoms with van der Waals surface area (Å²) in [7, 11) is 1.69. The molecular formula is C20H17N3O2S. The van der Waals surface area contributed by atoms with E-state index in [4.69, 9.17) is 0 Å². The fourth-order valence-corrected chi connectivity index (χ4v) is 4.01. The monoisotopic (exact) mass is 363 g/mol. The number of aromatic nitrogens is 3. The van der Waals surface area contributed by atoms with E-state index in [0.29, 0.717) is 21.6 Å². The van der Waals surface area contributed by atoms with Crippen LogP contribution in [0.4, 0.5) is 0 Å². The van der Waals surface area contributed by atoms with Crippen molar-refractivity contribution < 1.29 is 4.79 Å². The van der Waals surface area contributed by atoms with Crippen molar-refractivity contribution in [2.75, 3.05) is 5.75 Å². The zero-order valence-corrected chi connectivity index (χ0v) is 15.3. The number of benzene rings is 2. The third-order valence-corrected chi connectivity index (χ3v) is 5.48. The molecule has 0 spiro atoms. The lowest BCUT2D eigenvalue weighted by molar-refractivity contribution is 0.102. The van der Waals surface area contributed by atoms with E-state index < -0.39 is 0 Å². The molecule has 1 N–H and O–H groups in total. The van der Waals surface area contributed by atoms with Gasteiger partial charge in [-0.3, -0.25) is 14.2 Å². The summed E-state index contributed by atoms with van der Waals surface area (Å²) in [6.07, 6.45) is 0. The second-order valence-corrected chi connectivity index (χ2v) is 7.10. The number of nitrogens with one attached hydrogen (secondary N) is 1. The van der Waals surface area contributed by atoms with Gasteiger partial charge in [-0.2, -0.15) is 0 Å². The Bertz CT molecular complexity index is 1210. The molecule has 2 aromatic heterocycles. The van der Waals surface area contributed by atoms with Crippen molar-refractivity contribution in [2.24, 2.45) is 7.05 Å². The van der Waals surface area contributed by atoms with E-state index in [9.17, 15) is 9.59 Å². The Kier molecular flexibility index (Phi) is 4.12. The number of nitrogens with zero attached hydrogens (tertiary/aromatic N) is 2. The minimum absolute atomic E-state index is 0.0207. The normalized spacial score (nSPS) is 11.3. The number of fused-ring (bicyclic) bond motifs is 2. The molecule has 2 heterocycles. The van der Waals surface area contributed by atoms with Crippen molar-refractivity contribution in [1.29, 1.82) is 0 Å². The van der Waals surface area contributed by atoms with E-state index in [0.717, 1.165) is 16.6 Å². The van der Waals surface area contributed by atoms with Crippen LogP contribution in [0, 0.1) is 6.92 Å². The zero-order chi connectivity index (χ0) is 18.3. The van der Waals surface area contributed by atoms with Gasteiger partial charge in [0.25, 0.3) is 5.56 Å². The molecule has 0 unspecified atom stereocenters. The van der Waals surface area contributed by atoms with Crippen LogP contribution in [-0.4, -0.2) is 26.1 Å². The van der Waals surface area contributed by atoms with E-state index in [-0.39, 0.29) is 17.1 Å². The topological polar surface area (TPSA) is 67.8 Å². The van der Waals surface area contributed by atoms with E-state index in [2.05, 4.69) is 9.97 Å². The second kappa shape index (κ2) is 6.46. The Balaban J connectivity index is 1.66. The molecule has 0 bridgehead atoms. The number of carbonyl (C=O) groups is 1. The molecule has 5 nitrogen and oxygen atoms in total. The van der Waals surface area contributed by atoms with Crippen LogP contribution < -0.4 is 5.56 Å². The lowest BCUT2D eigenvalue weighted by atomic mass is 10.1. The van der Waals surface area contributed by atoms with Gasteiger partial charge in [-0.05, 0) is 25.1 Å². The SMILES string of the molecule is Cc1[nH]c2ccccc2c1C(=O)CSc1nc2ccccc2c(=O)n1C. The average Bonchev–Trinajstić information content (AvgIpc) is 2.99. The van der Waals surface area contributed by atoms with Gasteiger partial charge in [0.05, 0.1) is 16.7 Å². The number of ketones is 1. The quantitative estimate of drug-likeness (QED) is 0.341. The average molecular weight is 363 g/mol. The molecule has 26 heavy (non-hydrogen) atoms. The molecule has 0 aliphatic carbocycles. The third kappa shape index (κ3) is 2.72. The molecule has 0 radical (unpaired) electrons. The maximum Gasteiger partial charge on any atom is 0.261 e. The van der Waals surface area contributed by atoms with Crippen LogP contribution in [0.15, 0.2) is 58.5 Å². The minimum atomic E-state index is -0.103. The van der Waals surface area contributed by atoms with Crippen molar-refractivity contribution >= 4 is 39.4 Å². The van der Waals surface area contributed by atoms with Crippen LogP contribution in [-0.2, 0) is 7.05 Å². The van der Waals surface area contributed by atoms with Gasteiger partial charge in [-0.15, -0.1) is 0 Å². The summed E-state index contributed by atoms with van der Waals surface area (Å²) in [6, 6.07) is 15.0. The lowest BCUT2D eigenvalue weighted by Crippen LogP contribution is -2.20. The maximum atomic E-state index is 12.8. The largest absolute Gasteiger partial charge is 0.358 e. The standard InChI is InChI=1S/C20H17N3O2S/c1-12-18(13-7-3-5-9-15(13)21-12)17(24)11-26-20-22-16-10-6-4-8-14(16)19(25)23(20)2/h3-10,21H,11H2,1-2H3. The molecule has 0 aliphatic rings. The zero-order valence-electron chi connectivity index (χ0n) is 14.4. The summed E-state index contributed by atoms with van der Waals surface area (Å²) in [4.78, 5) is 33.1. The number of thioether (sulfide) groups is 1. The number of hydrogen-bond donors (Lipinski definition) is 1. The molecule has 4 aromatic rings. The highest BCUT2D eigenvalue weighted by molar-refractivity contribution is 7.99. The van der Waals surface area contributed by atoms with Crippen molar-refractivity contribution in [1.82, 2.24) is 14.5 Å². The first-order valence-electron chi connectivity index (χ1n) is 8.25. The van der Waals surface area contributed by atoms with E-state index in [1.54, 1.807) is 13.1 Å². The smallest absolute Gasteiger partial charge is 0.261 e. The third-order valence-electron chi connectivity index (χ3n) is 4.45. The van der Waals surface area contributed by atoms with Gasteiger partial charge in [0.1, 0.15) is 0 Å². The van der Waals surface area contributed by atoms with Crippen LogP contribution in [0.1, 0.15) is 16.1 Å². The fourth-order valence-electron chi connectivity index (χ4n) is 3.16. The van der Waals surface area contributed by atoms with Crippen LogP contribution in [0.3, 0.4) is 0 Å². The molecule has 130 valence electrons. The number of rotatable bonds is 4. The number of hydrogen-bond acceptors (Lipinski definition) is 4. The van der Waals surface area contributed by atoms with Crippen LogP contribution in [0.5, 0.6) is 0 Å². The molecule has 4 rings (SSSR count). The van der Waals surface area contributed by atoms with Gasteiger partial charge in [-0.1, -0.05) is 42.1 Å². The van der Waals surface area contributed by atoms with E-state index in [1.165, 1.54) is 16.3 Å². The van der Waals surface area contributed by atoms with Gasteiger partial charge in [-0.25, -0.2) is 4.98 Å². The molecule has 6 heteroatoms. The number of Topliss-reactive ketones (excluding diaryl/α,β-unsaturated/α-hetero) is 1. The lowest BCUT2D eigenvalue weighted by Gasteiger charge is -2.08. The van der Waals surface area contributed by atoms with Gasteiger partial charge in [0.2, 0.25) is 0 Å². The highest BCUT2D eigenvalue weighted by Gasteiger charge is 2.17. The van der Waals surface area contributed by atoms with Gasteiger partial charge >= 0.3 is 0 Å². The maximum absolute atomic E-state index is 12.8. The van der Waals surface area contributed by atoms with Gasteiger partial charge in [0.15, 0.2) is 10.9 Å². The Labute approximate surface area is 154 Å². The molecule has 0 fully saturated rings. The van der Waals surface area contributed by atoms with E-state index >= 15 is 0 Å². The summed E-state index contributed by atoms with van der Waals surface area (Å²) in [5, 5.41) is 2.05. The van der Waals surface area contributed by atoms with Crippen LogP contribution >= 0.6 is 11.8 Å². The Hall–Kier alpha value is -2.86. The number of carbonyl (C=O) groups excluding carboxylic acids is 1. The van der Waals surface area contributed by atoms with Crippen molar-refractivity contribution in [3.05, 3.63) is 70.1 Å². The molecule has 0 aliphatic heterocycles. The number of para-hydroxylation sites is 2. The van der Waals surface area contributed by atoms with Crippen molar-refractivity contribution in [3.8, 4) is 0 Å². The molecule has 0 saturated carbocycles. The number of aryl methyl sites for hydroxylation is 1. The molecule has 2 aromatic carbocycles. The van der Waals surface area contributed by atoms with Crippen molar-refractivity contribution in [3.63, 3.8) is 0 Å². The highest BCUT2D eigenvalue weighted by Crippen LogP contribution is 2.25. The second-order valence-electron chi connectivity index (χ2n) is 6.16. The predicted molar refractivity (Wildman–Crippen MR) is 105 cm³/mol. The summed E-state index contributed by atoms with van der Waals surface area (Å²) < 4.78 is 1.50. The predicted octanol–water partition coefficient (Wildman–Crippen LogP) is 3.70. The first-order chi connectivity index (χ1) is 12.6. The summed E-state index contributed by atoms with van der Waals surface area (Å²) in [5.74, 6) is 0.244. The summed E-state index contributed by atoms with van der Waals surface area (Å²) in [6.45, 7) is 1.90. The molecule has 0 saturated heterocycles. The Morgan fingerprint density at radius 1 is 1.12 bits per heavy atom. The number of H-pyrrole nitrogens is 1. The van der Waals surface area contributed by atoms with Crippen LogP contribution in [0.25, 0.3) is 21.8 Å². The summed E-state index contributed by atoms with van der Waals surface area (Å²) in [5.41, 5.74) is 3.06. The highest BCUT2D eigenvalue weighted by atomic mass is 32.2. The van der Waals surface area contributed by atoms with Gasteiger partial charge < -0.3 is 4.98 Å². The minimum Gasteiger partial charge on any atom is -0.358 e. The Morgan fingerprint density at radius 3 is 2.62 bits per heavy atom. The fraction of sp³-hybridized carbons (Fsp3) is 0.150. The van der Waals surface area contributed by atoms with Crippen LogP contribution in [0.2, 0.25) is 0 Å². The summed E-state index contributed by atoms with van der Waals surface area (Å²) >= 11 is 1.29. The number of aromatic amines is 1. The first-order valence-corrected chi connectivity index (χ1v) is 9.24. The molecular weight excluding hydrogens is 346 g/mol. The van der Waals surface area contributed by atoms with E-state index in [1.807, 2.05) is 49.4 Å². The molecule has 0 atom stereocenters. The first kappa shape index (κ1) is 16.6. The van der Waals surface area contributed by atoms with Gasteiger partial charge in [0, 0.05) is 29.2 Å². The van der Waals surface area contributed by atoms with Crippen molar-refractivity contribution in [2.45, 2.75) is 12.1 Å².